The second-order valence-corrected chi connectivity index (χ2v) is 4.16. The molecule has 1 amide bonds. The van der Waals surface area contributed by atoms with Gasteiger partial charge >= 0.3 is 0 Å². The minimum atomic E-state index is 0. The summed E-state index contributed by atoms with van der Waals surface area (Å²) in [6, 6.07) is 0.439. The van der Waals surface area contributed by atoms with Crippen molar-refractivity contribution >= 4 is 30.7 Å². The highest BCUT2D eigenvalue weighted by molar-refractivity contribution is 5.85. The third-order valence-corrected chi connectivity index (χ3v) is 3.16. The van der Waals surface area contributed by atoms with Gasteiger partial charge in [0, 0.05) is 12.0 Å². The molecular weight excluding hydrogens is 235 g/mol. The van der Waals surface area contributed by atoms with Gasteiger partial charge in [-0.3, -0.25) is 4.79 Å². The largest absolute Gasteiger partial charge is 0.353 e. The van der Waals surface area contributed by atoms with E-state index in [2.05, 4.69) is 10.6 Å². The van der Waals surface area contributed by atoms with Crippen molar-refractivity contribution in [3.63, 3.8) is 0 Å². The summed E-state index contributed by atoms with van der Waals surface area (Å²) < 4.78 is 0. The van der Waals surface area contributed by atoms with Crippen molar-refractivity contribution < 1.29 is 4.79 Å². The molecule has 1 aliphatic heterocycles. The van der Waals surface area contributed by atoms with E-state index >= 15 is 0 Å². The summed E-state index contributed by atoms with van der Waals surface area (Å²) in [6.07, 6.45) is 5.65. The Hall–Kier alpha value is 0.01000. The fraction of sp³-hybridized carbons (Fsp3) is 0.900. The zero-order chi connectivity index (χ0) is 9.10. The first-order valence-corrected chi connectivity index (χ1v) is 5.37. The van der Waals surface area contributed by atoms with Gasteiger partial charge in [-0.1, -0.05) is 6.42 Å². The van der Waals surface area contributed by atoms with Crippen LogP contribution in [0.5, 0.6) is 0 Å². The van der Waals surface area contributed by atoms with E-state index in [0.29, 0.717) is 17.9 Å². The van der Waals surface area contributed by atoms with Crippen LogP contribution in [0.2, 0.25) is 0 Å². The minimum absolute atomic E-state index is 0. The molecule has 2 fully saturated rings. The molecule has 0 radical (unpaired) electrons. The van der Waals surface area contributed by atoms with Crippen LogP contribution in [0, 0.1) is 5.92 Å². The van der Waals surface area contributed by atoms with Crippen LogP contribution in [0.1, 0.15) is 32.1 Å². The van der Waals surface area contributed by atoms with Gasteiger partial charge < -0.3 is 10.6 Å². The van der Waals surface area contributed by atoms with Crippen LogP contribution in [0.15, 0.2) is 0 Å². The van der Waals surface area contributed by atoms with E-state index in [1.165, 1.54) is 6.42 Å². The van der Waals surface area contributed by atoms with E-state index in [1.54, 1.807) is 0 Å². The molecule has 0 aromatic carbocycles. The Labute approximate surface area is 104 Å². The Morgan fingerprint density at radius 3 is 2.13 bits per heavy atom. The van der Waals surface area contributed by atoms with Gasteiger partial charge in [-0.2, -0.15) is 0 Å². The fourth-order valence-electron chi connectivity index (χ4n) is 1.96. The van der Waals surface area contributed by atoms with Crippen LogP contribution in [0.25, 0.3) is 0 Å². The molecule has 90 valence electrons. The molecule has 2 rings (SSSR count). The molecule has 2 N–H and O–H groups in total. The van der Waals surface area contributed by atoms with Gasteiger partial charge in [-0.05, 0) is 38.8 Å². The van der Waals surface area contributed by atoms with Gasteiger partial charge in [0.2, 0.25) is 5.91 Å². The van der Waals surface area contributed by atoms with Crippen LogP contribution in [0.3, 0.4) is 0 Å². The van der Waals surface area contributed by atoms with Crippen molar-refractivity contribution in [1.82, 2.24) is 10.6 Å². The Morgan fingerprint density at radius 1 is 1.07 bits per heavy atom. The molecule has 2 aliphatic rings. The summed E-state index contributed by atoms with van der Waals surface area (Å²) in [7, 11) is 0. The average Bonchev–Trinajstić information content (AvgIpc) is 2.02. The number of hydrogen-bond donors (Lipinski definition) is 2. The number of hydrogen-bond acceptors (Lipinski definition) is 2. The van der Waals surface area contributed by atoms with Crippen molar-refractivity contribution in [3.05, 3.63) is 0 Å². The smallest absolute Gasteiger partial charge is 0.223 e. The second-order valence-electron chi connectivity index (χ2n) is 4.16. The molecule has 1 saturated carbocycles. The summed E-state index contributed by atoms with van der Waals surface area (Å²) >= 11 is 0. The van der Waals surface area contributed by atoms with Gasteiger partial charge in [-0.15, -0.1) is 24.8 Å². The molecule has 3 nitrogen and oxygen atoms in total. The molecule has 0 aromatic heterocycles. The third kappa shape index (κ3) is 4.17. The predicted molar refractivity (Wildman–Crippen MR) is 65.9 cm³/mol. The number of amides is 1. The average molecular weight is 255 g/mol. The van der Waals surface area contributed by atoms with Gasteiger partial charge in [0.1, 0.15) is 0 Å². The van der Waals surface area contributed by atoms with Crippen molar-refractivity contribution in [3.8, 4) is 0 Å². The van der Waals surface area contributed by atoms with Gasteiger partial charge in [0.05, 0.1) is 0 Å². The lowest BCUT2D eigenvalue weighted by Crippen LogP contribution is -2.45. The first kappa shape index (κ1) is 15.0. The van der Waals surface area contributed by atoms with E-state index in [-0.39, 0.29) is 24.8 Å². The Bertz CT molecular complexity index is 192. The Kier molecular flexibility index (Phi) is 7.32. The second kappa shape index (κ2) is 7.31. The maximum atomic E-state index is 11.6. The SMILES string of the molecule is Cl.Cl.O=C(NC1CCNCC1)C1CCC1. The van der Waals surface area contributed by atoms with Gasteiger partial charge in [0.15, 0.2) is 0 Å². The molecule has 15 heavy (non-hydrogen) atoms. The van der Waals surface area contributed by atoms with Crippen LogP contribution in [-0.4, -0.2) is 25.0 Å². The molecule has 5 heteroatoms. The van der Waals surface area contributed by atoms with E-state index in [0.717, 1.165) is 38.8 Å². The number of nitrogens with one attached hydrogen (secondary N) is 2. The summed E-state index contributed by atoms with van der Waals surface area (Å²) in [5.74, 6) is 0.646. The minimum Gasteiger partial charge on any atom is -0.353 e. The van der Waals surface area contributed by atoms with Crippen molar-refractivity contribution in [2.75, 3.05) is 13.1 Å². The van der Waals surface area contributed by atoms with Gasteiger partial charge in [-0.25, -0.2) is 0 Å². The lowest BCUT2D eigenvalue weighted by molar-refractivity contribution is -0.128. The van der Waals surface area contributed by atoms with Crippen molar-refractivity contribution in [2.45, 2.75) is 38.1 Å². The molecular formula is C10H20Cl2N2O. The quantitative estimate of drug-likeness (QED) is 0.785. The Morgan fingerprint density at radius 2 is 1.67 bits per heavy atom. The standard InChI is InChI=1S/C10H18N2O.2ClH/c13-10(8-2-1-3-8)12-9-4-6-11-7-5-9;;/h8-9,11H,1-7H2,(H,12,13);2*1H. The summed E-state index contributed by atoms with van der Waals surface area (Å²) in [5.41, 5.74) is 0. The molecule has 1 heterocycles. The maximum absolute atomic E-state index is 11.6. The normalized spacial score (nSPS) is 21.9. The highest BCUT2D eigenvalue weighted by Gasteiger charge is 2.27. The molecule has 0 aromatic rings. The predicted octanol–water partition coefficient (Wildman–Crippen LogP) is 1.50. The first-order chi connectivity index (χ1) is 6.36. The summed E-state index contributed by atoms with van der Waals surface area (Å²) in [4.78, 5) is 11.6. The third-order valence-electron chi connectivity index (χ3n) is 3.16. The molecule has 1 saturated heterocycles. The van der Waals surface area contributed by atoms with Crippen molar-refractivity contribution in [1.29, 1.82) is 0 Å². The fourth-order valence-corrected chi connectivity index (χ4v) is 1.96. The number of rotatable bonds is 2. The zero-order valence-electron chi connectivity index (χ0n) is 8.83. The van der Waals surface area contributed by atoms with Crippen molar-refractivity contribution in [2.24, 2.45) is 5.92 Å². The Balaban J connectivity index is 0.000000980. The monoisotopic (exact) mass is 254 g/mol. The molecule has 0 bridgehead atoms. The van der Waals surface area contributed by atoms with Crippen LogP contribution < -0.4 is 10.6 Å². The highest BCUT2D eigenvalue weighted by Crippen LogP contribution is 2.26. The number of carbonyl (C=O) groups excluding carboxylic acids is 1. The number of piperidine rings is 1. The molecule has 0 spiro atoms. The molecule has 0 atom stereocenters. The maximum Gasteiger partial charge on any atom is 0.223 e. The van der Waals surface area contributed by atoms with E-state index in [1.807, 2.05) is 0 Å². The lowest BCUT2D eigenvalue weighted by atomic mass is 9.84. The molecule has 1 aliphatic carbocycles. The van der Waals surface area contributed by atoms with Crippen LogP contribution in [0.4, 0.5) is 0 Å². The number of carbonyl (C=O) groups is 1. The van der Waals surface area contributed by atoms with Crippen LogP contribution >= 0.6 is 24.8 Å². The number of halogens is 2. The highest BCUT2D eigenvalue weighted by atomic mass is 35.5. The molecule has 0 unspecified atom stereocenters. The summed E-state index contributed by atoms with van der Waals surface area (Å²) in [6.45, 7) is 2.10. The van der Waals surface area contributed by atoms with E-state index in [9.17, 15) is 4.79 Å². The lowest BCUT2D eigenvalue weighted by Gasteiger charge is -2.29. The zero-order valence-corrected chi connectivity index (χ0v) is 10.5. The van der Waals surface area contributed by atoms with Gasteiger partial charge in [0.25, 0.3) is 0 Å². The first-order valence-electron chi connectivity index (χ1n) is 5.37. The van der Waals surface area contributed by atoms with Crippen LogP contribution in [-0.2, 0) is 4.79 Å². The summed E-state index contributed by atoms with van der Waals surface area (Å²) in [5, 5.41) is 6.44. The van der Waals surface area contributed by atoms with E-state index < -0.39 is 0 Å². The topological polar surface area (TPSA) is 41.1 Å². The van der Waals surface area contributed by atoms with E-state index in [4.69, 9.17) is 0 Å².